The van der Waals surface area contributed by atoms with Crippen LogP contribution in [0.3, 0.4) is 0 Å². The molecule has 2 N–H and O–H groups in total. The summed E-state index contributed by atoms with van der Waals surface area (Å²) in [6, 6.07) is 5.77. The summed E-state index contributed by atoms with van der Waals surface area (Å²) in [4.78, 5) is 17.4. The van der Waals surface area contributed by atoms with Gasteiger partial charge in [0.1, 0.15) is 6.61 Å². The van der Waals surface area contributed by atoms with Gasteiger partial charge >= 0.3 is 0 Å². The normalized spacial score (nSPS) is 11.3. The van der Waals surface area contributed by atoms with E-state index in [1.54, 1.807) is 23.6 Å². The summed E-state index contributed by atoms with van der Waals surface area (Å²) in [5, 5.41) is 13.6. The molecule has 0 aliphatic heterocycles. The molecule has 1 atom stereocenters. The van der Waals surface area contributed by atoms with Crippen molar-refractivity contribution in [3.05, 3.63) is 52.0 Å². The SMILES string of the molecule is CC(Cc1cccs1)NC(=O)c1cncc(C#CCO)c1. The minimum atomic E-state index is -0.214. The van der Waals surface area contributed by atoms with Gasteiger partial charge in [0.05, 0.1) is 5.56 Å². The molecule has 5 heteroatoms. The third-order valence-corrected chi connectivity index (χ3v) is 3.68. The molecule has 2 aromatic heterocycles. The van der Waals surface area contributed by atoms with E-state index in [1.165, 1.54) is 11.1 Å². The Hall–Kier alpha value is -2.16. The van der Waals surface area contributed by atoms with Crippen molar-refractivity contribution in [3.63, 3.8) is 0 Å². The Balaban J connectivity index is 1.99. The number of aliphatic hydroxyl groups is 1. The average molecular weight is 300 g/mol. The molecular formula is C16H16N2O2S. The smallest absolute Gasteiger partial charge is 0.253 e. The zero-order valence-corrected chi connectivity index (χ0v) is 12.5. The molecule has 108 valence electrons. The molecule has 0 fully saturated rings. The van der Waals surface area contributed by atoms with Gasteiger partial charge in [0.2, 0.25) is 0 Å². The summed E-state index contributed by atoms with van der Waals surface area (Å²) in [5.74, 6) is 5.11. The lowest BCUT2D eigenvalue weighted by Gasteiger charge is -2.12. The highest BCUT2D eigenvalue weighted by atomic mass is 32.1. The lowest BCUT2D eigenvalue weighted by molar-refractivity contribution is 0.0940. The second kappa shape index (κ2) is 7.58. The van der Waals surface area contributed by atoms with Gasteiger partial charge in [-0.25, -0.2) is 0 Å². The van der Waals surface area contributed by atoms with Crippen LogP contribution in [0.5, 0.6) is 0 Å². The number of amides is 1. The first-order chi connectivity index (χ1) is 10.2. The standard InChI is InChI=1S/C16H16N2O2S/c1-12(8-15-5-3-7-21-15)18-16(20)14-9-13(4-2-6-19)10-17-11-14/h3,5,7,9-12,19H,6,8H2,1H3,(H,18,20). The maximum absolute atomic E-state index is 12.2. The minimum absolute atomic E-state index is 0.0448. The molecule has 2 rings (SSSR count). The van der Waals surface area contributed by atoms with Crippen molar-refractivity contribution in [3.8, 4) is 11.8 Å². The van der Waals surface area contributed by atoms with E-state index in [4.69, 9.17) is 5.11 Å². The Morgan fingerprint density at radius 3 is 3.10 bits per heavy atom. The van der Waals surface area contributed by atoms with Gasteiger partial charge in [0, 0.05) is 35.3 Å². The van der Waals surface area contributed by atoms with Crippen LogP contribution in [0.2, 0.25) is 0 Å². The van der Waals surface area contributed by atoms with Crippen LogP contribution < -0.4 is 5.32 Å². The maximum Gasteiger partial charge on any atom is 0.253 e. The molecule has 0 radical (unpaired) electrons. The van der Waals surface area contributed by atoms with Crippen LogP contribution in [0.25, 0.3) is 0 Å². The van der Waals surface area contributed by atoms with Gasteiger partial charge in [-0.2, -0.15) is 0 Å². The second-order valence-corrected chi connectivity index (χ2v) is 5.61. The predicted molar refractivity (Wildman–Crippen MR) is 83.2 cm³/mol. The van der Waals surface area contributed by atoms with Crippen molar-refractivity contribution >= 4 is 17.2 Å². The number of carbonyl (C=O) groups excluding carboxylic acids is 1. The Morgan fingerprint density at radius 1 is 1.52 bits per heavy atom. The van der Waals surface area contributed by atoms with Crippen LogP contribution in [-0.2, 0) is 6.42 Å². The minimum Gasteiger partial charge on any atom is -0.384 e. The maximum atomic E-state index is 12.2. The first-order valence-electron chi connectivity index (χ1n) is 6.57. The van der Waals surface area contributed by atoms with Gasteiger partial charge in [-0.1, -0.05) is 17.9 Å². The molecule has 0 bridgehead atoms. The largest absolute Gasteiger partial charge is 0.384 e. The van der Waals surface area contributed by atoms with E-state index in [2.05, 4.69) is 28.2 Å². The van der Waals surface area contributed by atoms with Gasteiger partial charge in [0.25, 0.3) is 5.91 Å². The fraction of sp³-hybridized carbons (Fsp3) is 0.250. The third kappa shape index (κ3) is 4.71. The highest BCUT2D eigenvalue weighted by Crippen LogP contribution is 2.11. The van der Waals surface area contributed by atoms with Crippen LogP contribution in [-0.4, -0.2) is 28.6 Å². The zero-order valence-electron chi connectivity index (χ0n) is 11.7. The number of nitrogens with one attached hydrogen (secondary N) is 1. The second-order valence-electron chi connectivity index (χ2n) is 4.58. The first-order valence-corrected chi connectivity index (χ1v) is 7.45. The van der Waals surface area contributed by atoms with Crippen molar-refractivity contribution in [1.29, 1.82) is 0 Å². The first kappa shape index (κ1) is 15.2. The molecule has 1 amide bonds. The van der Waals surface area contributed by atoms with Crippen LogP contribution in [0, 0.1) is 11.8 Å². The molecule has 2 heterocycles. The summed E-state index contributed by atoms with van der Waals surface area (Å²) < 4.78 is 0. The predicted octanol–water partition coefficient (Wildman–Crippen LogP) is 1.85. The zero-order chi connectivity index (χ0) is 15.1. The average Bonchev–Trinajstić information content (AvgIpc) is 2.98. The van der Waals surface area contributed by atoms with E-state index in [0.717, 1.165) is 6.42 Å². The molecule has 0 spiro atoms. The van der Waals surface area contributed by atoms with E-state index in [-0.39, 0.29) is 18.6 Å². The summed E-state index contributed by atoms with van der Waals surface area (Å²) in [5.41, 5.74) is 1.08. The molecule has 4 nitrogen and oxygen atoms in total. The van der Waals surface area contributed by atoms with E-state index >= 15 is 0 Å². The number of pyridine rings is 1. The topological polar surface area (TPSA) is 62.2 Å². The molecule has 0 aromatic carbocycles. The van der Waals surface area contributed by atoms with Crippen LogP contribution in [0.4, 0.5) is 0 Å². The number of aliphatic hydroxyl groups excluding tert-OH is 1. The summed E-state index contributed by atoms with van der Waals surface area (Å²) in [6.07, 6.45) is 3.88. The fourth-order valence-electron chi connectivity index (χ4n) is 1.86. The number of nitrogens with zero attached hydrogens (tertiary/aromatic N) is 1. The number of hydrogen-bond donors (Lipinski definition) is 2. The number of rotatable bonds is 4. The molecule has 0 saturated heterocycles. The number of hydrogen-bond acceptors (Lipinski definition) is 4. The molecule has 2 aromatic rings. The number of carbonyl (C=O) groups is 1. The quantitative estimate of drug-likeness (QED) is 0.847. The summed E-state index contributed by atoms with van der Waals surface area (Å²) in [7, 11) is 0. The third-order valence-electron chi connectivity index (χ3n) is 2.78. The van der Waals surface area contributed by atoms with Gasteiger partial charge < -0.3 is 10.4 Å². The van der Waals surface area contributed by atoms with E-state index < -0.39 is 0 Å². The molecule has 0 aliphatic carbocycles. The molecule has 0 saturated carbocycles. The molecular weight excluding hydrogens is 284 g/mol. The Labute approximate surface area is 127 Å². The fourth-order valence-corrected chi connectivity index (χ4v) is 2.70. The van der Waals surface area contributed by atoms with Gasteiger partial charge in [-0.15, -0.1) is 11.3 Å². The van der Waals surface area contributed by atoms with Gasteiger partial charge in [-0.3, -0.25) is 9.78 Å². The lowest BCUT2D eigenvalue weighted by atomic mass is 10.1. The lowest BCUT2D eigenvalue weighted by Crippen LogP contribution is -2.34. The van der Waals surface area contributed by atoms with E-state index in [0.29, 0.717) is 11.1 Å². The highest BCUT2D eigenvalue weighted by molar-refractivity contribution is 7.09. The summed E-state index contributed by atoms with van der Waals surface area (Å²) in [6.45, 7) is 1.76. The number of aromatic nitrogens is 1. The van der Waals surface area contributed by atoms with Gasteiger partial charge in [0.15, 0.2) is 0 Å². The Bertz CT molecular complexity index is 656. The van der Waals surface area contributed by atoms with Crippen molar-refractivity contribution < 1.29 is 9.90 Å². The Morgan fingerprint density at radius 2 is 2.38 bits per heavy atom. The Kier molecular flexibility index (Phi) is 5.50. The molecule has 0 aliphatic rings. The monoisotopic (exact) mass is 300 g/mol. The van der Waals surface area contributed by atoms with E-state index in [1.807, 2.05) is 18.4 Å². The van der Waals surface area contributed by atoms with Crippen LogP contribution in [0.15, 0.2) is 36.0 Å². The van der Waals surface area contributed by atoms with E-state index in [9.17, 15) is 4.79 Å². The van der Waals surface area contributed by atoms with Gasteiger partial charge in [-0.05, 0) is 24.4 Å². The van der Waals surface area contributed by atoms with Crippen molar-refractivity contribution in [2.24, 2.45) is 0 Å². The summed E-state index contributed by atoms with van der Waals surface area (Å²) >= 11 is 1.68. The highest BCUT2D eigenvalue weighted by Gasteiger charge is 2.11. The van der Waals surface area contributed by atoms with Crippen LogP contribution >= 0.6 is 11.3 Å². The van der Waals surface area contributed by atoms with Crippen molar-refractivity contribution in [2.75, 3.05) is 6.61 Å². The van der Waals surface area contributed by atoms with Crippen LogP contribution in [0.1, 0.15) is 27.7 Å². The van der Waals surface area contributed by atoms with Crippen molar-refractivity contribution in [2.45, 2.75) is 19.4 Å². The molecule has 1 unspecified atom stereocenters. The molecule has 21 heavy (non-hydrogen) atoms. The number of thiophene rings is 1. The van der Waals surface area contributed by atoms with Crippen molar-refractivity contribution in [1.82, 2.24) is 10.3 Å².